The minimum Gasteiger partial charge on any atom is -0.300 e. The summed E-state index contributed by atoms with van der Waals surface area (Å²) in [6, 6.07) is 34.6. The fourth-order valence-corrected chi connectivity index (χ4v) is 12.3. The Kier molecular flexibility index (Phi) is 10.8. The minimum absolute atomic E-state index is 0.102. The van der Waals surface area contributed by atoms with Crippen LogP contribution >= 0.6 is 23.2 Å². The van der Waals surface area contributed by atoms with Gasteiger partial charge < -0.3 is 4.52 Å². The molecule has 13 heteroatoms. The maximum Gasteiger partial charge on any atom is 0.417 e. The number of rotatable bonds is 13. The maximum absolute atomic E-state index is 15.6. The van der Waals surface area contributed by atoms with Crippen LogP contribution in [0.15, 0.2) is 115 Å². The summed E-state index contributed by atoms with van der Waals surface area (Å²) in [7, 11) is -10.9. The van der Waals surface area contributed by atoms with Crippen LogP contribution in [0, 0.1) is 0 Å². The largest absolute Gasteiger partial charge is 0.417 e. The molecule has 4 aromatic carbocycles. The van der Waals surface area contributed by atoms with Crippen LogP contribution in [-0.4, -0.2) is 23.1 Å². The molecule has 1 aliphatic heterocycles. The lowest BCUT2D eigenvalue weighted by Gasteiger charge is -2.39. The Labute approximate surface area is 258 Å². The highest BCUT2D eigenvalue weighted by molar-refractivity contribution is 7.74. The van der Waals surface area contributed by atoms with Crippen LogP contribution in [0.4, 0.5) is 0 Å². The van der Waals surface area contributed by atoms with Crippen LogP contribution in [0.25, 0.3) is 0 Å². The maximum atomic E-state index is 15.6. The van der Waals surface area contributed by atoms with Gasteiger partial charge in [-0.15, -0.1) is 8.88 Å². The van der Waals surface area contributed by atoms with Gasteiger partial charge in [0, 0.05) is 27.3 Å². The van der Waals surface area contributed by atoms with Gasteiger partial charge in [0.2, 0.25) is 0 Å². The normalized spacial score (nSPS) is 20.2. The second-order valence-electron chi connectivity index (χ2n) is 9.90. The van der Waals surface area contributed by atoms with E-state index in [9.17, 15) is 9.13 Å². The number of hydrogen-bond acceptors (Lipinski definition) is 8. The molecule has 0 fully saturated rings. The van der Waals surface area contributed by atoms with Crippen LogP contribution in [0.3, 0.4) is 0 Å². The van der Waals surface area contributed by atoms with E-state index >= 15 is 4.57 Å². The molecular weight excluding hydrogens is 621 g/mol. The van der Waals surface area contributed by atoms with Gasteiger partial charge in [-0.3, -0.25) is 22.7 Å². The van der Waals surface area contributed by atoms with Crippen molar-refractivity contribution in [3.8, 4) is 0 Å². The zero-order chi connectivity index (χ0) is 31.0. The summed E-state index contributed by atoms with van der Waals surface area (Å²) >= 11 is 0. The Morgan fingerprint density at radius 2 is 0.909 bits per heavy atom. The molecule has 0 saturated heterocycles. The molecule has 0 saturated carbocycles. The van der Waals surface area contributed by atoms with E-state index in [0.717, 1.165) is 20.0 Å². The fraction of sp³-hybridized carbons (Fsp3) is 0.226. The quantitative estimate of drug-likeness (QED) is 0.130. The SMILES string of the molecule is COP(=O)(OCc1ccccc1)N1Cc2ccccc2CN(P(=O)(OC)OCc2ccccc2)P1(=O)OCc1ccccc1. The summed E-state index contributed by atoms with van der Waals surface area (Å²) in [5.74, 6) is 0. The number of hydrogen-bond donors (Lipinski definition) is 0. The molecule has 0 spiro atoms. The summed E-state index contributed by atoms with van der Waals surface area (Å²) in [4.78, 5) is 0. The minimum atomic E-state index is -4.60. The van der Waals surface area contributed by atoms with Crippen molar-refractivity contribution in [2.75, 3.05) is 14.2 Å². The van der Waals surface area contributed by atoms with Crippen molar-refractivity contribution in [3.05, 3.63) is 143 Å². The van der Waals surface area contributed by atoms with Gasteiger partial charge in [-0.2, -0.15) is 0 Å². The lowest BCUT2D eigenvalue weighted by atomic mass is 10.1. The van der Waals surface area contributed by atoms with Crippen LogP contribution in [-0.2, 0) is 69.2 Å². The molecule has 1 heterocycles. The molecule has 0 aromatic heterocycles. The Hall–Kier alpha value is -2.71. The summed E-state index contributed by atoms with van der Waals surface area (Å²) in [5, 5.41) is 0. The molecule has 0 aliphatic carbocycles. The van der Waals surface area contributed by atoms with Gasteiger partial charge in [0.25, 0.3) is 0 Å². The molecule has 5 rings (SSSR count). The van der Waals surface area contributed by atoms with Gasteiger partial charge in [-0.25, -0.2) is 9.13 Å². The number of nitrogens with zero attached hydrogens (tertiary/aromatic N) is 2. The first-order chi connectivity index (χ1) is 21.3. The Morgan fingerprint density at radius 1 is 0.568 bits per heavy atom. The van der Waals surface area contributed by atoms with E-state index in [1.54, 1.807) is 12.1 Å². The molecule has 10 nitrogen and oxygen atoms in total. The molecule has 0 bridgehead atoms. The summed E-state index contributed by atoms with van der Waals surface area (Å²) in [6.45, 7) is -0.668. The monoisotopic (exact) mass is 656 g/mol. The molecule has 44 heavy (non-hydrogen) atoms. The number of fused-ring (bicyclic) bond motifs is 1. The molecule has 2 atom stereocenters. The zero-order valence-electron chi connectivity index (χ0n) is 24.5. The van der Waals surface area contributed by atoms with E-state index in [4.69, 9.17) is 22.6 Å². The van der Waals surface area contributed by atoms with Crippen molar-refractivity contribution in [2.24, 2.45) is 0 Å². The highest BCUT2D eigenvalue weighted by Gasteiger charge is 2.58. The third-order valence-electron chi connectivity index (χ3n) is 7.07. The summed E-state index contributed by atoms with van der Waals surface area (Å²) in [6.07, 6.45) is 0. The summed E-state index contributed by atoms with van der Waals surface area (Å²) < 4.78 is 76.3. The van der Waals surface area contributed by atoms with Crippen molar-refractivity contribution in [3.63, 3.8) is 0 Å². The third kappa shape index (κ3) is 7.39. The van der Waals surface area contributed by atoms with Crippen molar-refractivity contribution in [1.82, 2.24) is 8.88 Å². The molecule has 2 unspecified atom stereocenters. The first kappa shape index (κ1) is 32.7. The first-order valence-corrected chi connectivity index (χ1v) is 18.4. The van der Waals surface area contributed by atoms with Gasteiger partial charge in [0.05, 0.1) is 19.8 Å². The fourth-order valence-electron chi connectivity index (χ4n) is 4.67. The van der Waals surface area contributed by atoms with Crippen molar-refractivity contribution in [1.29, 1.82) is 0 Å². The van der Waals surface area contributed by atoms with E-state index in [1.807, 2.05) is 103 Å². The molecule has 0 radical (unpaired) electrons. The summed E-state index contributed by atoms with van der Waals surface area (Å²) in [5.41, 5.74) is 3.49. The Balaban J connectivity index is 1.61. The molecule has 4 aromatic rings. The molecule has 0 amide bonds. The second-order valence-corrected chi connectivity index (χ2v) is 16.8. The average molecular weight is 657 g/mol. The van der Waals surface area contributed by atoms with Gasteiger partial charge in [-0.1, -0.05) is 115 Å². The van der Waals surface area contributed by atoms with Crippen molar-refractivity contribution >= 4 is 23.2 Å². The van der Waals surface area contributed by atoms with Crippen LogP contribution in [0.5, 0.6) is 0 Å². The predicted octanol–water partition coefficient (Wildman–Crippen LogP) is 8.57. The molecule has 232 valence electrons. The first-order valence-electron chi connectivity index (χ1n) is 13.9. The smallest absolute Gasteiger partial charge is 0.300 e. The molecule has 0 N–H and O–H groups in total. The predicted molar refractivity (Wildman–Crippen MR) is 168 cm³/mol. The zero-order valence-corrected chi connectivity index (χ0v) is 27.2. The standard InChI is InChI=1S/C31H35N2O8P3/c1-37-43(35,40-25-28-16-8-4-9-17-28)32-22-30-20-12-13-21-31(30)23-33(42(32,34)39-24-27-14-6-3-7-15-27)44(36,38-2)41-26-29-18-10-5-11-19-29/h3-21H,22-26H2,1-2H3. The van der Waals surface area contributed by atoms with Gasteiger partial charge in [0.1, 0.15) is 0 Å². The van der Waals surface area contributed by atoms with Crippen LogP contribution in [0.1, 0.15) is 27.8 Å². The molecular formula is C31H35N2O8P3. The van der Waals surface area contributed by atoms with Crippen LogP contribution in [0.2, 0.25) is 0 Å². The van der Waals surface area contributed by atoms with E-state index in [-0.39, 0.29) is 32.9 Å². The van der Waals surface area contributed by atoms with Gasteiger partial charge in [-0.05, 0) is 27.8 Å². The van der Waals surface area contributed by atoms with E-state index in [2.05, 4.69) is 0 Å². The highest BCUT2D eigenvalue weighted by Crippen LogP contribution is 2.78. The van der Waals surface area contributed by atoms with Crippen LogP contribution < -0.4 is 0 Å². The average Bonchev–Trinajstić information content (AvgIpc) is 3.22. The lowest BCUT2D eigenvalue weighted by molar-refractivity contribution is 0.160. The van der Waals surface area contributed by atoms with Gasteiger partial charge in [0.15, 0.2) is 0 Å². The Bertz CT molecular complexity index is 1560. The second kappa shape index (κ2) is 14.6. The van der Waals surface area contributed by atoms with Crippen molar-refractivity contribution in [2.45, 2.75) is 32.9 Å². The Morgan fingerprint density at radius 3 is 1.27 bits per heavy atom. The van der Waals surface area contributed by atoms with E-state index in [0.29, 0.717) is 16.7 Å². The number of benzene rings is 4. The van der Waals surface area contributed by atoms with E-state index < -0.39 is 23.2 Å². The third-order valence-corrected chi connectivity index (χ3v) is 14.9. The molecule has 1 aliphatic rings. The van der Waals surface area contributed by atoms with Crippen molar-refractivity contribution < 1.29 is 36.3 Å². The topological polar surface area (TPSA) is 104 Å². The van der Waals surface area contributed by atoms with Gasteiger partial charge >= 0.3 is 23.2 Å². The lowest BCUT2D eigenvalue weighted by Crippen LogP contribution is -2.29. The highest BCUT2D eigenvalue weighted by atomic mass is 31.3. The van der Waals surface area contributed by atoms with E-state index in [1.165, 1.54) is 14.2 Å².